The molecule has 2 N–H and O–H groups in total. The van der Waals surface area contributed by atoms with E-state index >= 15 is 0 Å². The lowest BCUT2D eigenvalue weighted by Crippen LogP contribution is -1.83. The Morgan fingerprint density at radius 1 is 1.56 bits per heavy atom. The molecular weight excluding hydrogens is 110 g/mol. The first-order valence-electron chi connectivity index (χ1n) is 2.65. The van der Waals surface area contributed by atoms with Crippen LogP contribution in [0, 0.1) is 12.6 Å². The van der Waals surface area contributed by atoms with Gasteiger partial charge in [0.05, 0.1) is 0 Å². The van der Waals surface area contributed by atoms with Crippen molar-refractivity contribution >= 4 is 11.8 Å². The normalized spacial score (nSPS) is 8.89. The molecular formula is C8H7N. The van der Waals surface area contributed by atoms with Crippen molar-refractivity contribution in [1.29, 1.82) is 0 Å². The fourth-order valence-electron chi connectivity index (χ4n) is 0.603. The minimum atomic E-state index is 0.620. The lowest BCUT2D eigenvalue weighted by Gasteiger charge is -1.91. The molecule has 0 unspecified atom stereocenters. The van der Waals surface area contributed by atoms with E-state index in [4.69, 9.17) is 12.3 Å². The van der Waals surface area contributed by atoms with E-state index in [2.05, 4.69) is 6.07 Å². The molecule has 9 heavy (non-hydrogen) atoms. The van der Waals surface area contributed by atoms with Gasteiger partial charge in [-0.05, 0) is 11.6 Å². The smallest absolute Gasteiger partial charge is 0.0400 e. The topological polar surface area (TPSA) is 26.0 Å². The first kappa shape index (κ1) is 5.89. The summed E-state index contributed by atoms with van der Waals surface area (Å²) in [6.07, 6.45) is 1.47. The van der Waals surface area contributed by atoms with Gasteiger partial charge >= 0.3 is 0 Å². The average molecular weight is 117 g/mol. The zero-order valence-electron chi connectivity index (χ0n) is 4.96. The zero-order valence-corrected chi connectivity index (χ0v) is 4.96. The van der Waals surface area contributed by atoms with Crippen molar-refractivity contribution in [1.82, 2.24) is 0 Å². The van der Waals surface area contributed by atoms with Crippen LogP contribution in [0.3, 0.4) is 0 Å². The molecule has 44 valence electrons. The second-order valence-electron chi connectivity index (χ2n) is 1.73. The minimum Gasteiger partial charge on any atom is -0.398 e. The predicted molar refractivity (Wildman–Crippen MR) is 38.5 cm³/mol. The Morgan fingerprint density at radius 2 is 2.33 bits per heavy atom. The summed E-state index contributed by atoms with van der Waals surface area (Å²) in [7, 11) is 0. The highest BCUT2D eigenvalue weighted by Gasteiger charge is 1.84. The van der Waals surface area contributed by atoms with Crippen LogP contribution >= 0.6 is 0 Å². The highest BCUT2D eigenvalue weighted by atomic mass is 14.5. The Labute approximate surface area is 54.8 Å². The summed E-state index contributed by atoms with van der Waals surface area (Å²) in [5.74, 6) is 0. The number of benzene rings is 1. The summed E-state index contributed by atoms with van der Waals surface area (Å²) in [6.45, 7) is 5.21. The van der Waals surface area contributed by atoms with Gasteiger partial charge in [0.15, 0.2) is 0 Å². The molecule has 0 bridgehead atoms. The number of nitrogens with two attached hydrogens (primary N) is 1. The molecule has 0 saturated heterocycles. The second kappa shape index (κ2) is 2.35. The van der Waals surface area contributed by atoms with E-state index in [0.717, 1.165) is 5.56 Å². The van der Waals surface area contributed by atoms with Crippen molar-refractivity contribution in [3.05, 3.63) is 36.4 Å². The lowest BCUT2D eigenvalue weighted by atomic mass is 10.2. The first-order chi connectivity index (χ1) is 4.33. The van der Waals surface area contributed by atoms with Gasteiger partial charge in [0.25, 0.3) is 0 Å². The van der Waals surface area contributed by atoms with E-state index in [9.17, 15) is 0 Å². The van der Waals surface area contributed by atoms with E-state index in [0.29, 0.717) is 5.69 Å². The SMILES string of the molecule is [CH]=Cc1[c]c(N)ccc1. The van der Waals surface area contributed by atoms with Gasteiger partial charge in [0, 0.05) is 11.8 Å². The van der Waals surface area contributed by atoms with Gasteiger partial charge in [-0.15, -0.1) is 0 Å². The van der Waals surface area contributed by atoms with Crippen LogP contribution in [0.2, 0.25) is 0 Å². The number of hydrogen-bond acceptors (Lipinski definition) is 1. The van der Waals surface area contributed by atoms with Gasteiger partial charge in [-0.1, -0.05) is 24.8 Å². The Morgan fingerprint density at radius 3 is 2.78 bits per heavy atom. The Hall–Kier alpha value is -1.24. The Bertz CT molecular complexity index is 216. The molecule has 1 aromatic carbocycles. The molecule has 0 spiro atoms. The van der Waals surface area contributed by atoms with Crippen LogP contribution in [0.15, 0.2) is 18.2 Å². The second-order valence-corrected chi connectivity index (χ2v) is 1.73. The molecule has 0 aromatic heterocycles. The number of anilines is 1. The van der Waals surface area contributed by atoms with Crippen molar-refractivity contribution < 1.29 is 0 Å². The molecule has 2 radical (unpaired) electrons. The highest BCUT2D eigenvalue weighted by Crippen LogP contribution is 2.04. The summed E-state index contributed by atoms with van der Waals surface area (Å²) < 4.78 is 0. The monoisotopic (exact) mass is 117 g/mol. The molecule has 1 nitrogen and oxygen atoms in total. The fraction of sp³-hybridized carbons (Fsp3) is 0. The molecule has 0 atom stereocenters. The van der Waals surface area contributed by atoms with E-state index in [1.165, 1.54) is 6.08 Å². The molecule has 0 heterocycles. The molecule has 0 aliphatic heterocycles. The largest absolute Gasteiger partial charge is 0.398 e. The fourth-order valence-corrected chi connectivity index (χ4v) is 0.603. The van der Waals surface area contributed by atoms with Gasteiger partial charge < -0.3 is 5.73 Å². The van der Waals surface area contributed by atoms with Crippen molar-refractivity contribution in [2.45, 2.75) is 0 Å². The van der Waals surface area contributed by atoms with Gasteiger partial charge in [-0.25, -0.2) is 0 Å². The average Bonchev–Trinajstić information content (AvgIpc) is 1.88. The van der Waals surface area contributed by atoms with Gasteiger partial charge in [0.1, 0.15) is 0 Å². The Balaban J connectivity index is 3.07. The predicted octanol–water partition coefficient (Wildman–Crippen LogP) is 1.52. The third-order valence-electron chi connectivity index (χ3n) is 1.02. The number of nitrogen functional groups attached to an aromatic ring is 1. The zero-order chi connectivity index (χ0) is 6.69. The van der Waals surface area contributed by atoms with Crippen molar-refractivity contribution in [3.63, 3.8) is 0 Å². The summed E-state index contributed by atoms with van der Waals surface area (Å²) in [5, 5.41) is 0. The maximum absolute atomic E-state index is 5.40. The first-order valence-corrected chi connectivity index (χ1v) is 2.65. The molecule has 0 fully saturated rings. The highest BCUT2D eigenvalue weighted by molar-refractivity contribution is 5.51. The van der Waals surface area contributed by atoms with Crippen LogP contribution in [0.1, 0.15) is 5.56 Å². The Kier molecular flexibility index (Phi) is 1.54. The van der Waals surface area contributed by atoms with Crippen LogP contribution in [0.25, 0.3) is 6.08 Å². The van der Waals surface area contributed by atoms with E-state index < -0.39 is 0 Å². The quantitative estimate of drug-likeness (QED) is 0.554. The van der Waals surface area contributed by atoms with Crippen LogP contribution in [-0.2, 0) is 0 Å². The van der Waals surface area contributed by atoms with Crippen LogP contribution in [0.4, 0.5) is 5.69 Å². The molecule has 0 saturated carbocycles. The number of hydrogen-bond donors (Lipinski definition) is 1. The molecule has 1 rings (SSSR count). The standard InChI is InChI=1S/C8H7N/c1-2-7-4-3-5-8(9)6-7/h1-5H,9H2. The molecule has 0 amide bonds. The van der Waals surface area contributed by atoms with Gasteiger partial charge in [-0.3, -0.25) is 0 Å². The maximum Gasteiger partial charge on any atom is 0.0400 e. The maximum atomic E-state index is 5.40. The third kappa shape index (κ3) is 1.32. The minimum absolute atomic E-state index is 0.620. The molecule has 1 aromatic rings. The van der Waals surface area contributed by atoms with E-state index in [1.54, 1.807) is 6.07 Å². The van der Waals surface area contributed by atoms with E-state index in [-0.39, 0.29) is 0 Å². The van der Waals surface area contributed by atoms with Crippen molar-refractivity contribution in [2.75, 3.05) is 5.73 Å². The lowest BCUT2D eigenvalue weighted by molar-refractivity contribution is 1.63. The third-order valence-corrected chi connectivity index (χ3v) is 1.02. The van der Waals surface area contributed by atoms with Crippen molar-refractivity contribution in [3.8, 4) is 0 Å². The summed E-state index contributed by atoms with van der Waals surface area (Å²) in [6, 6.07) is 8.31. The van der Waals surface area contributed by atoms with E-state index in [1.807, 2.05) is 12.1 Å². The van der Waals surface area contributed by atoms with Crippen LogP contribution in [-0.4, -0.2) is 0 Å². The summed E-state index contributed by atoms with van der Waals surface area (Å²) in [4.78, 5) is 0. The molecule has 1 heteroatoms. The summed E-state index contributed by atoms with van der Waals surface area (Å²) >= 11 is 0. The molecule has 0 aliphatic carbocycles. The van der Waals surface area contributed by atoms with Crippen LogP contribution in [0.5, 0.6) is 0 Å². The number of rotatable bonds is 1. The van der Waals surface area contributed by atoms with Crippen molar-refractivity contribution in [2.24, 2.45) is 0 Å². The van der Waals surface area contributed by atoms with Gasteiger partial charge in [-0.2, -0.15) is 0 Å². The van der Waals surface area contributed by atoms with Gasteiger partial charge in [0.2, 0.25) is 0 Å². The summed E-state index contributed by atoms with van der Waals surface area (Å²) in [5.41, 5.74) is 6.85. The van der Waals surface area contributed by atoms with Crippen LogP contribution < -0.4 is 5.73 Å². The molecule has 0 aliphatic rings.